The topological polar surface area (TPSA) is 150 Å². The minimum atomic E-state index is -1.41. The predicted molar refractivity (Wildman–Crippen MR) is 55.5 cm³/mol. The van der Waals surface area contributed by atoms with Crippen molar-refractivity contribution < 1.29 is 19.7 Å². The summed E-state index contributed by atoms with van der Waals surface area (Å²) in [6.07, 6.45) is -0.836. The molecule has 0 aliphatic carbocycles. The summed E-state index contributed by atoms with van der Waals surface area (Å²) in [6, 6.07) is 1.95. The van der Waals surface area contributed by atoms with E-state index < -0.39 is 39.2 Å². The molecule has 0 saturated heterocycles. The molecule has 0 aliphatic rings. The Labute approximate surface area is 93.8 Å². The summed E-state index contributed by atoms with van der Waals surface area (Å²) in [6.45, 7) is 0. The second-order valence-corrected chi connectivity index (χ2v) is 3.09. The molecule has 9 nitrogen and oxygen atoms in total. The van der Waals surface area contributed by atoms with Gasteiger partial charge < -0.3 is 10.8 Å². The fourth-order valence-electron chi connectivity index (χ4n) is 1.36. The number of nitrogens with two attached hydrogens (primary N) is 1. The molecule has 0 aliphatic heterocycles. The summed E-state index contributed by atoms with van der Waals surface area (Å²) >= 11 is 0. The van der Waals surface area contributed by atoms with Crippen LogP contribution in [0.5, 0.6) is 0 Å². The van der Waals surface area contributed by atoms with E-state index in [4.69, 9.17) is 10.8 Å². The number of carboxylic acid groups (broad SMARTS) is 1. The van der Waals surface area contributed by atoms with E-state index in [1.807, 2.05) is 0 Å². The molecule has 0 atom stereocenters. The summed E-state index contributed by atoms with van der Waals surface area (Å²) < 4.78 is 0. The molecule has 0 bridgehead atoms. The minimum absolute atomic E-state index is 0.308. The van der Waals surface area contributed by atoms with Crippen LogP contribution in [0.1, 0.15) is 5.56 Å². The SMILES string of the molecule is Nc1ccc([N+](=O)[O-])c(CC(=O)O)c1[N+](=O)[O-]. The van der Waals surface area contributed by atoms with Crippen molar-refractivity contribution in [3.63, 3.8) is 0 Å². The van der Waals surface area contributed by atoms with Gasteiger partial charge in [0.2, 0.25) is 0 Å². The minimum Gasteiger partial charge on any atom is -0.481 e. The molecule has 0 heterocycles. The molecule has 1 rings (SSSR count). The Morgan fingerprint density at radius 3 is 2.29 bits per heavy atom. The summed E-state index contributed by atoms with van der Waals surface area (Å²) in [5.74, 6) is -1.41. The number of carbonyl (C=O) groups is 1. The number of carboxylic acids is 1. The Morgan fingerprint density at radius 1 is 1.29 bits per heavy atom. The van der Waals surface area contributed by atoms with Crippen LogP contribution in [0.3, 0.4) is 0 Å². The van der Waals surface area contributed by atoms with Crippen LogP contribution in [-0.2, 0) is 11.2 Å². The zero-order valence-corrected chi connectivity index (χ0v) is 8.32. The smallest absolute Gasteiger partial charge is 0.308 e. The lowest BCUT2D eigenvalue weighted by Crippen LogP contribution is -2.09. The van der Waals surface area contributed by atoms with Crippen molar-refractivity contribution in [2.75, 3.05) is 5.73 Å². The number of nitrogen functional groups attached to an aromatic ring is 1. The summed E-state index contributed by atoms with van der Waals surface area (Å²) in [5, 5.41) is 29.9. The lowest BCUT2D eigenvalue weighted by atomic mass is 10.1. The summed E-state index contributed by atoms with van der Waals surface area (Å²) in [5.41, 5.74) is 3.13. The Bertz CT molecular complexity index is 512. The molecular formula is C8H7N3O6. The predicted octanol–water partition coefficient (Wildman–Crippen LogP) is 0.712. The van der Waals surface area contributed by atoms with Crippen LogP contribution in [0.25, 0.3) is 0 Å². The highest BCUT2D eigenvalue weighted by atomic mass is 16.6. The number of hydrogen-bond acceptors (Lipinski definition) is 6. The van der Waals surface area contributed by atoms with E-state index in [9.17, 15) is 25.0 Å². The highest BCUT2D eigenvalue weighted by Crippen LogP contribution is 2.33. The average molecular weight is 241 g/mol. The van der Waals surface area contributed by atoms with Crippen LogP contribution in [0.2, 0.25) is 0 Å². The first-order valence-corrected chi connectivity index (χ1v) is 4.26. The van der Waals surface area contributed by atoms with E-state index in [0.29, 0.717) is 0 Å². The lowest BCUT2D eigenvalue weighted by molar-refractivity contribution is -0.394. The Balaban J connectivity index is 3.55. The van der Waals surface area contributed by atoms with E-state index in [1.54, 1.807) is 0 Å². The Hall–Kier alpha value is -2.71. The molecule has 1 aromatic rings. The van der Waals surface area contributed by atoms with Gasteiger partial charge >= 0.3 is 11.7 Å². The molecule has 0 radical (unpaired) electrons. The van der Waals surface area contributed by atoms with Gasteiger partial charge in [-0.25, -0.2) is 0 Å². The number of nitro benzene ring substituents is 2. The van der Waals surface area contributed by atoms with E-state index in [0.717, 1.165) is 12.1 Å². The lowest BCUT2D eigenvalue weighted by Gasteiger charge is -2.03. The van der Waals surface area contributed by atoms with Crippen molar-refractivity contribution in [3.8, 4) is 0 Å². The van der Waals surface area contributed by atoms with Crippen LogP contribution >= 0.6 is 0 Å². The first kappa shape index (κ1) is 12.4. The highest BCUT2D eigenvalue weighted by Gasteiger charge is 2.29. The molecule has 90 valence electrons. The van der Waals surface area contributed by atoms with Crippen LogP contribution in [0.15, 0.2) is 12.1 Å². The molecule has 3 N–H and O–H groups in total. The third-order valence-corrected chi connectivity index (χ3v) is 2.00. The number of nitro groups is 2. The molecule has 0 saturated carbocycles. The molecule has 0 aromatic heterocycles. The van der Waals surface area contributed by atoms with Gasteiger partial charge in [-0.05, 0) is 6.07 Å². The third kappa shape index (κ3) is 2.45. The van der Waals surface area contributed by atoms with Crippen molar-refractivity contribution in [2.24, 2.45) is 0 Å². The number of benzene rings is 1. The van der Waals surface area contributed by atoms with E-state index in [-0.39, 0.29) is 5.69 Å². The molecular weight excluding hydrogens is 234 g/mol. The summed E-state index contributed by atoms with van der Waals surface area (Å²) in [4.78, 5) is 30.1. The van der Waals surface area contributed by atoms with Crippen molar-refractivity contribution in [2.45, 2.75) is 6.42 Å². The third-order valence-electron chi connectivity index (χ3n) is 2.00. The van der Waals surface area contributed by atoms with Gasteiger partial charge in [-0.2, -0.15) is 0 Å². The normalized spacial score (nSPS) is 9.88. The average Bonchev–Trinajstić information content (AvgIpc) is 2.15. The first-order chi connectivity index (χ1) is 7.84. The van der Waals surface area contributed by atoms with Gasteiger partial charge in [0.05, 0.1) is 16.3 Å². The number of nitrogens with zero attached hydrogens (tertiary/aromatic N) is 2. The maximum atomic E-state index is 10.7. The maximum absolute atomic E-state index is 10.7. The number of hydrogen-bond donors (Lipinski definition) is 2. The number of anilines is 1. The van der Waals surface area contributed by atoms with Crippen molar-refractivity contribution in [1.82, 2.24) is 0 Å². The van der Waals surface area contributed by atoms with Gasteiger partial charge in [-0.3, -0.25) is 25.0 Å². The molecule has 0 spiro atoms. The van der Waals surface area contributed by atoms with Gasteiger partial charge in [-0.1, -0.05) is 0 Å². The molecule has 0 unspecified atom stereocenters. The van der Waals surface area contributed by atoms with Gasteiger partial charge in [0.1, 0.15) is 11.3 Å². The van der Waals surface area contributed by atoms with Crippen molar-refractivity contribution in [3.05, 3.63) is 37.9 Å². The largest absolute Gasteiger partial charge is 0.481 e. The van der Waals surface area contributed by atoms with Gasteiger partial charge in [0.15, 0.2) is 0 Å². The maximum Gasteiger partial charge on any atom is 0.308 e. The quantitative estimate of drug-likeness (QED) is 0.447. The van der Waals surface area contributed by atoms with Crippen molar-refractivity contribution >= 4 is 23.0 Å². The van der Waals surface area contributed by atoms with Gasteiger partial charge in [0.25, 0.3) is 5.69 Å². The molecule has 1 aromatic carbocycles. The fraction of sp³-hybridized carbons (Fsp3) is 0.125. The number of aliphatic carboxylic acids is 1. The van der Waals surface area contributed by atoms with E-state index in [2.05, 4.69) is 0 Å². The fourth-order valence-corrected chi connectivity index (χ4v) is 1.36. The molecule has 0 amide bonds. The standard InChI is InChI=1S/C8H7N3O6/c9-5-1-2-6(10(14)15)4(3-7(12)13)8(5)11(16)17/h1-2H,3,9H2,(H,12,13). The zero-order chi connectivity index (χ0) is 13.2. The Kier molecular flexibility index (Phi) is 3.22. The number of rotatable bonds is 4. The van der Waals surface area contributed by atoms with E-state index in [1.165, 1.54) is 0 Å². The van der Waals surface area contributed by atoms with Gasteiger partial charge in [0, 0.05) is 6.07 Å². The van der Waals surface area contributed by atoms with Crippen LogP contribution < -0.4 is 5.73 Å². The van der Waals surface area contributed by atoms with Crippen LogP contribution in [0.4, 0.5) is 17.1 Å². The molecule has 0 fully saturated rings. The van der Waals surface area contributed by atoms with Crippen LogP contribution in [0, 0.1) is 20.2 Å². The second kappa shape index (κ2) is 4.43. The van der Waals surface area contributed by atoms with Gasteiger partial charge in [-0.15, -0.1) is 0 Å². The highest BCUT2D eigenvalue weighted by molar-refractivity contribution is 5.78. The van der Waals surface area contributed by atoms with Crippen molar-refractivity contribution in [1.29, 1.82) is 0 Å². The monoisotopic (exact) mass is 241 g/mol. The van der Waals surface area contributed by atoms with E-state index >= 15 is 0 Å². The second-order valence-electron chi connectivity index (χ2n) is 3.09. The van der Waals surface area contributed by atoms with Crippen LogP contribution in [-0.4, -0.2) is 20.9 Å². The first-order valence-electron chi connectivity index (χ1n) is 4.26. The summed E-state index contributed by atoms with van der Waals surface area (Å²) in [7, 11) is 0. The molecule has 9 heteroatoms. The zero-order valence-electron chi connectivity index (χ0n) is 8.32. The Morgan fingerprint density at radius 2 is 1.88 bits per heavy atom. The molecule has 17 heavy (non-hydrogen) atoms.